The number of carbonyl (C=O) groups excluding carboxylic acids is 1. The third kappa shape index (κ3) is 3.42. The van der Waals surface area contributed by atoms with Crippen molar-refractivity contribution in [3.8, 4) is 0 Å². The summed E-state index contributed by atoms with van der Waals surface area (Å²) in [7, 11) is 0. The summed E-state index contributed by atoms with van der Waals surface area (Å²) in [4.78, 5) is 20.8. The van der Waals surface area contributed by atoms with Crippen molar-refractivity contribution < 1.29 is 9.18 Å². The van der Waals surface area contributed by atoms with Crippen LogP contribution >= 0.6 is 11.6 Å². The standard InChI is InChI=1S/C20H21ClFN5O/c1-13-7-18(17(22)8-16(13)21)25-5-6-26(14(2)11-25)20(28)12-27-19-10-23-4-3-15(19)9-24-27/h3-4,7-10,14H,5-6,11-12H2,1-2H3/t14-/m0/s1. The van der Waals surface area contributed by atoms with Gasteiger partial charge < -0.3 is 9.80 Å². The molecule has 8 heteroatoms. The van der Waals surface area contributed by atoms with E-state index < -0.39 is 0 Å². The molecule has 0 bridgehead atoms. The predicted molar refractivity (Wildman–Crippen MR) is 107 cm³/mol. The molecule has 1 atom stereocenters. The number of halogens is 2. The van der Waals surface area contributed by atoms with Crippen LogP contribution in [-0.4, -0.2) is 51.2 Å². The molecular formula is C20H21ClFN5O. The van der Waals surface area contributed by atoms with E-state index in [0.29, 0.717) is 30.3 Å². The highest BCUT2D eigenvalue weighted by Gasteiger charge is 2.29. The lowest BCUT2D eigenvalue weighted by Crippen LogP contribution is -2.55. The van der Waals surface area contributed by atoms with Crippen LogP contribution in [0.1, 0.15) is 12.5 Å². The van der Waals surface area contributed by atoms with Crippen molar-refractivity contribution in [3.05, 3.63) is 53.2 Å². The highest BCUT2D eigenvalue weighted by atomic mass is 35.5. The molecule has 0 spiro atoms. The third-order valence-electron chi connectivity index (χ3n) is 5.25. The first-order chi connectivity index (χ1) is 13.4. The molecule has 3 aromatic rings. The fourth-order valence-electron chi connectivity index (χ4n) is 3.69. The van der Waals surface area contributed by atoms with Gasteiger partial charge >= 0.3 is 0 Å². The van der Waals surface area contributed by atoms with Crippen molar-refractivity contribution in [2.75, 3.05) is 24.5 Å². The fourth-order valence-corrected chi connectivity index (χ4v) is 3.84. The van der Waals surface area contributed by atoms with Gasteiger partial charge in [0.25, 0.3) is 0 Å². The number of pyridine rings is 1. The third-order valence-corrected chi connectivity index (χ3v) is 5.66. The molecule has 0 N–H and O–H groups in total. The maximum absolute atomic E-state index is 14.4. The van der Waals surface area contributed by atoms with E-state index >= 15 is 0 Å². The minimum absolute atomic E-state index is 0.00578. The van der Waals surface area contributed by atoms with Gasteiger partial charge in [-0.3, -0.25) is 14.5 Å². The summed E-state index contributed by atoms with van der Waals surface area (Å²) in [6, 6.07) is 4.94. The Morgan fingerprint density at radius 3 is 2.93 bits per heavy atom. The molecule has 0 radical (unpaired) electrons. The SMILES string of the molecule is Cc1cc(N2CCN(C(=O)Cn3ncc4ccncc43)[C@@H](C)C2)c(F)cc1Cl. The Kier molecular flexibility index (Phi) is 4.93. The van der Waals surface area contributed by atoms with Gasteiger partial charge in [-0.25, -0.2) is 4.39 Å². The lowest BCUT2D eigenvalue weighted by atomic mass is 10.1. The number of nitrogens with zero attached hydrogens (tertiary/aromatic N) is 5. The van der Waals surface area contributed by atoms with E-state index in [0.717, 1.165) is 16.5 Å². The molecule has 4 rings (SSSR count). The van der Waals surface area contributed by atoms with Gasteiger partial charge in [0.1, 0.15) is 12.4 Å². The van der Waals surface area contributed by atoms with Crippen molar-refractivity contribution in [1.29, 1.82) is 0 Å². The topological polar surface area (TPSA) is 54.3 Å². The Hall–Kier alpha value is -2.67. The molecule has 1 aliphatic rings. The Morgan fingerprint density at radius 1 is 1.32 bits per heavy atom. The predicted octanol–water partition coefficient (Wildman–Crippen LogP) is 3.27. The van der Waals surface area contributed by atoms with E-state index in [-0.39, 0.29) is 24.3 Å². The molecule has 0 saturated carbocycles. The first kappa shape index (κ1) is 18.7. The summed E-state index contributed by atoms with van der Waals surface area (Å²) in [5.74, 6) is -0.341. The van der Waals surface area contributed by atoms with Crippen molar-refractivity contribution in [2.24, 2.45) is 0 Å². The van der Waals surface area contributed by atoms with Crippen LogP contribution in [0.25, 0.3) is 10.9 Å². The van der Waals surface area contributed by atoms with Crippen molar-refractivity contribution in [3.63, 3.8) is 0 Å². The largest absolute Gasteiger partial charge is 0.365 e. The molecule has 1 saturated heterocycles. The van der Waals surface area contributed by atoms with Gasteiger partial charge in [-0.2, -0.15) is 5.10 Å². The van der Waals surface area contributed by atoms with Crippen molar-refractivity contribution in [2.45, 2.75) is 26.4 Å². The zero-order chi connectivity index (χ0) is 19.8. The Bertz CT molecular complexity index is 1040. The quantitative estimate of drug-likeness (QED) is 0.676. The molecule has 0 aliphatic carbocycles. The van der Waals surface area contributed by atoms with Gasteiger partial charge in [-0.1, -0.05) is 11.6 Å². The van der Waals surface area contributed by atoms with Crippen LogP contribution < -0.4 is 4.90 Å². The Labute approximate surface area is 167 Å². The second kappa shape index (κ2) is 7.39. The van der Waals surface area contributed by atoms with E-state index in [1.807, 2.05) is 29.7 Å². The number of rotatable bonds is 3. The highest BCUT2D eigenvalue weighted by molar-refractivity contribution is 6.31. The van der Waals surface area contributed by atoms with Crippen LogP contribution in [0.4, 0.5) is 10.1 Å². The summed E-state index contributed by atoms with van der Waals surface area (Å²) < 4.78 is 16.0. The second-order valence-corrected chi connectivity index (χ2v) is 7.58. The molecule has 1 aliphatic heterocycles. The van der Waals surface area contributed by atoms with Gasteiger partial charge in [0, 0.05) is 42.3 Å². The molecule has 6 nitrogen and oxygen atoms in total. The zero-order valence-electron chi connectivity index (χ0n) is 15.8. The summed E-state index contributed by atoms with van der Waals surface area (Å²) in [5, 5.41) is 5.68. The number of amides is 1. The van der Waals surface area contributed by atoms with Gasteiger partial charge in [-0.05, 0) is 37.6 Å². The smallest absolute Gasteiger partial charge is 0.244 e. The number of hydrogen-bond donors (Lipinski definition) is 0. The number of anilines is 1. The molecule has 28 heavy (non-hydrogen) atoms. The number of piperazine rings is 1. The molecule has 3 heterocycles. The number of aromatic nitrogens is 3. The van der Waals surface area contributed by atoms with Crippen LogP contribution in [-0.2, 0) is 11.3 Å². The van der Waals surface area contributed by atoms with Gasteiger partial charge in [0.05, 0.1) is 23.6 Å². The van der Waals surface area contributed by atoms with Crippen LogP contribution in [0, 0.1) is 12.7 Å². The highest BCUT2D eigenvalue weighted by Crippen LogP contribution is 2.28. The Balaban J connectivity index is 1.47. The molecule has 2 aromatic heterocycles. The van der Waals surface area contributed by atoms with Crippen LogP contribution in [0.3, 0.4) is 0 Å². The van der Waals surface area contributed by atoms with Gasteiger partial charge in [0.15, 0.2) is 0 Å². The second-order valence-electron chi connectivity index (χ2n) is 7.17. The van der Waals surface area contributed by atoms with Crippen molar-refractivity contribution >= 4 is 34.1 Å². The normalized spacial score (nSPS) is 17.4. The summed E-state index contributed by atoms with van der Waals surface area (Å²) in [5.41, 5.74) is 2.20. The van der Waals surface area contributed by atoms with E-state index in [2.05, 4.69) is 10.1 Å². The average Bonchev–Trinajstić information content (AvgIpc) is 3.07. The maximum Gasteiger partial charge on any atom is 0.244 e. The van der Waals surface area contributed by atoms with Crippen LogP contribution in [0.2, 0.25) is 5.02 Å². The molecular weight excluding hydrogens is 381 g/mol. The van der Waals surface area contributed by atoms with E-state index in [1.54, 1.807) is 29.3 Å². The molecule has 0 unspecified atom stereocenters. The molecule has 1 aromatic carbocycles. The lowest BCUT2D eigenvalue weighted by molar-refractivity contribution is -0.134. The van der Waals surface area contributed by atoms with E-state index in [9.17, 15) is 9.18 Å². The number of benzene rings is 1. The first-order valence-electron chi connectivity index (χ1n) is 9.19. The summed E-state index contributed by atoms with van der Waals surface area (Å²) in [6.07, 6.45) is 5.15. The maximum atomic E-state index is 14.4. The van der Waals surface area contributed by atoms with Gasteiger partial charge in [0.2, 0.25) is 5.91 Å². The molecule has 146 valence electrons. The molecule has 1 fully saturated rings. The number of aryl methyl sites for hydroxylation is 1. The van der Waals surface area contributed by atoms with Crippen LogP contribution in [0.15, 0.2) is 36.8 Å². The van der Waals surface area contributed by atoms with Crippen molar-refractivity contribution in [1.82, 2.24) is 19.7 Å². The number of fused-ring (bicyclic) bond motifs is 1. The minimum Gasteiger partial charge on any atom is -0.365 e. The number of hydrogen-bond acceptors (Lipinski definition) is 4. The van der Waals surface area contributed by atoms with Crippen LogP contribution in [0.5, 0.6) is 0 Å². The lowest BCUT2D eigenvalue weighted by Gasteiger charge is -2.41. The minimum atomic E-state index is -0.335. The Morgan fingerprint density at radius 2 is 2.14 bits per heavy atom. The average molecular weight is 402 g/mol. The zero-order valence-corrected chi connectivity index (χ0v) is 16.5. The molecule has 1 amide bonds. The summed E-state index contributed by atoms with van der Waals surface area (Å²) in [6.45, 7) is 5.65. The monoisotopic (exact) mass is 401 g/mol. The first-order valence-corrected chi connectivity index (χ1v) is 9.57. The summed E-state index contributed by atoms with van der Waals surface area (Å²) >= 11 is 6.00. The van der Waals surface area contributed by atoms with E-state index in [4.69, 9.17) is 11.6 Å². The van der Waals surface area contributed by atoms with Gasteiger partial charge in [-0.15, -0.1) is 0 Å². The van der Waals surface area contributed by atoms with E-state index in [1.165, 1.54) is 6.07 Å². The fraction of sp³-hybridized carbons (Fsp3) is 0.350. The number of carbonyl (C=O) groups is 1.